The van der Waals surface area contributed by atoms with Crippen molar-refractivity contribution in [3.8, 4) is 0 Å². The number of carboxylic acid groups (broad SMARTS) is 1. The lowest BCUT2D eigenvalue weighted by Crippen LogP contribution is -2.95. The third-order valence-corrected chi connectivity index (χ3v) is 13.8. The minimum atomic E-state index is -2.94. The van der Waals surface area contributed by atoms with Crippen LogP contribution in [0.2, 0.25) is 0 Å². The quantitative estimate of drug-likeness (QED) is 0.0569. The van der Waals surface area contributed by atoms with E-state index in [9.17, 15) is 40.2 Å². The summed E-state index contributed by atoms with van der Waals surface area (Å²) >= 11 is 0. The highest BCUT2D eigenvalue weighted by Gasteiger charge is 2.68. The monoisotopic (exact) mass is 760 g/mol. The molecule has 3 aliphatic heterocycles. The van der Waals surface area contributed by atoms with Crippen molar-refractivity contribution >= 4 is 18.5 Å². The van der Waals surface area contributed by atoms with Gasteiger partial charge in [0.05, 0.1) is 48.7 Å². The number of aliphatic hydroxyl groups is 7. The first kappa shape index (κ1) is 41.4. The Morgan fingerprint density at radius 1 is 1.11 bits per heavy atom. The number of hydrogen-bond acceptors (Lipinski definition) is 11. The van der Waals surface area contributed by atoms with Crippen molar-refractivity contribution in [3.63, 3.8) is 0 Å². The molecular formula is C41H64N2O11+2. The zero-order valence-corrected chi connectivity index (χ0v) is 31.7. The molecule has 0 aromatic heterocycles. The first-order valence-corrected chi connectivity index (χ1v) is 20.6. The van der Waals surface area contributed by atoms with E-state index in [1.54, 1.807) is 11.9 Å². The molecule has 3 heterocycles. The number of ether oxygens (including phenoxy) is 3. The van der Waals surface area contributed by atoms with E-state index >= 15 is 0 Å². The molecule has 0 aromatic rings. The van der Waals surface area contributed by atoms with Gasteiger partial charge in [0.15, 0.2) is 37.1 Å². The molecule has 5 fully saturated rings. The van der Waals surface area contributed by atoms with Crippen molar-refractivity contribution in [2.24, 2.45) is 40.5 Å². The highest BCUT2D eigenvalue weighted by atomic mass is 16.7. The lowest BCUT2D eigenvalue weighted by Gasteiger charge is -2.53. The zero-order valence-electron chi connectivity index (χ0n) is 31.7. The maximum atomic E-state index is 12.6. The van der Waals surface area contributed by atoms with Crippen molar-refractivity contribution in [2.75, 3.05) is 19.7 Å². The molecule has 302 valence electrons. The number of hydrogen-bond donors (Lipinski definition) is 6. The number of aliphatic carboxylic acids is 1. The number of quaternary nitrogens is 1. The third kappa shape index (κ3) is 9.16. The van der Waals surface area contributed by atoms with Gasteiger partial charge >= 0.3 is 0 Å². The van der Waals surface area contributed by atoms with Gasteiger partial charge in [0, 0.05) is 18.8 Å². The molecule has 0 bridgehead atoms. The van der Waals surface area contributed by atoms with Crippen molar-refractivity contribution in [1.29, 1.82) is 0 Å². The Bertz CT molecular complexity index is 1350. The maximum Gasteiger partial charge on any atom is 0.203 e. The molecule has 6 rings (SSSR count). The van der Waals surface area contributed by atoms with Crippen LogP contribution in [-0.2, 0) is 19.1 Å². The van der Waals surface area contributed by atoms with Crippen molar-refractivity contribution in [2.45, 2.75) is 151 Å². The van der Waals surface area contributed by atoms with Gasteiger partial charge in [-0.25, -0.2) is 0 Å². The average Bonchev–Trinajstić information content (AvgIpc) is 3.69. The number of carbonyl (C=O) groups excluding carboxylic acids is 2. The summed E-state index contributed by atoms with van der Waals surface area (Å²) in [5.74, 6) is -0.634. The van der Waals surface area contributed by atoms with Gasteiger partial charge in [-0.3, -0.25) is 4.79 Å². The molecule has 2 saturated heterocycles. The lowest BCUT2D eigenvalue weighted by atomic mass is 9.69. The molecule has 54 heavy (non-hydrogen) atoms. The molecule has 0 spiro atoms. The third-order valence-electron chi connectivity index (χ3n) is 13.8. The van der Waals surface area contributed by atoms with Gasteiger partial charge in [-0.2, -0.15) is 0 Å². The minimum Gasteiger partial charge on any atom is -0.547 e. The highest BCUT2D eigenvalue weighted by molar-refractivity contribution is 5.82. The molecule has 3 saturated carbocycles. The molecule has 6 aliphatic rings. The smallest absolute Gasteiger partial charge is 0.203 e. The molecule has 3 aliphatic carbocycles. The number of nitrogens with zero attached hydrogens (tertiary/aromatic N) is 1. The maximum absolute atomic E-state index is 12.6. The number of aldehydes is 1. The van der Waals surface area contributed by atoms with Crippen LogP contribution in [0.4, 0.5) is 0 Å². The molecule has 12 atom stereocenters. The van der Waals surface area contributed by atoms with Gasteiger partial charge in [0.25, 0.3) is 0 Å². The zero-order chi connectivity index (χ0) is 38.5. The van der Waals surface area contributed by atoms with Crippen LogP contribution >= 0.6 is 0 Å². The summed E-state index contributed by atoms with van der Waals surface area (Å²) in [7, 11) is 0. The van der Waals surface area contributed by atoms with Gasteiger partial charge in [0.2, 0.25) is 5.60 Å². The SMILES string of the molecule is C[C@H](CC=CC1CCCCC1)[C@H](C[NH2+]C[C@@]1(O)[C@H](OC2CCC3C(C2)[OH+]CC(C2CCC(O)CC2)C3O)O[C@H](C(=O)[O-])[C@@H](O)[C@@]1(O)C=O)CC1=C[CH+]N=C1. The number of allylic oxidation sites excluding steroid dienone is 3. The van der Waals surface area contributed by atoms with E-state index in [0.717, 1.165) is 44.1 Å². The summed E-state index contributed by atoms with van der Waals surface area (Å²) in [4.78, 5) is 28.9. The second kappa shape index (κ2) is 18.4. The number of nitrogens with two attached hydrogens (primary N) is 1. The Labute approximate surface area is 319 Å². The summed E-state index contributed by atoms with van der Waals surface area (Å²) < 4.78 is 17.0. The second-order valence-corrected chi connectivity index (χ2v) is 17.3. The molecule has 13 heteroatoms. The van der Waals surface area contributed by atoms with Crippen LogP contribution in [0, 0.1) is 42.1 Å². The van der Waals surface area contributed by atoms with Crippen molar-refractivity contribution < 1.29 is 59.8 Å². The van der Waals surface area contributed by atoms with Gasteiger partial charge in [-0.05, 0) is 75.5 Å². The minimum absolute atomic E-state index is 0.0136. The summed E-state index contributed by atoms with van der Waals surface area (Å²) in [6.07, 6.45) is 13.0. The topological polar surface area (TPSA) is 219 Å². The molecule has 0 amide bonds. The Morgan fingerprint density at radius 3 is 2.56 bits per heavy atom. The molecular weight excluding hydrogens is 696 g/mol. The van der Waals surface area contributed by atoms with E-state index < -0.39 is 47.9 Å². The molecule has 0 aromatic carbocycles. The number of fused-ring (bicyclic) bond motifs is 1. The standard InChI is InChI=1S/C41H62N2O11/c1-25(6-5-9-26-7-3-2-4-8-26)29(18-27-16-17-42-20-27)21-43-23-40(50)39(54-36(38(48)49)37(47)41(40,51)24-44)53-31-14-15-32-34(19-31)52-22-33(35(32)46)28-10-12-30(45)13-11-28/h5,9,16-17,20,24-26,28-37,39,43,45-47,50-51H,2-4,6-8,10-15,18-19,21-23H2,1H3/p+2/t25-,28?,29+,30?,31?,32?,33?,34?,35?,36+,37-,39-,40-,41+/m1/s1. The van der Waals surface area contributed by atoms with Gasteiger partial charge in [0.1, 0.15) is 30.9 Å². The summed E-state index contributed by atoms with van der Waals surface area (Å²) in [6, 6.07) is 0. The lowest BCUT2D eigenvalue weighted by molar-refractivity contribution is -0.682. The number of carboxylic acids is 1. The number of rotatable bonds is 15. The normalized spacial score (nSPS) is 41.5. The number of aliphatic hydroxyl groups excluding tert-OH is 3. The van der Waals surface area contributed by atoms with Crippen LogP contribution < -0.4 is 10.4 Å². The van der Waals surface area contributed by atoms with E-state index in [-0.39, 0.29) is 48.7 Å². The van der Waals surface area contributed by atoms with Crippen LogP contribution in [0.25, 0.3) is 0 Å². The van der Waals surface area contributed by atoms with Crippen LogP contribution in [0.1, 0.15) is 96.8 Å². The van der Waals surface area contributed by atoms with Crippen LogP contribution in [0.5, 0.6) is 0 Å². The van der Waals surface area contributed by atoms with E-state index in [1.165, 1.54) is 32.1 Å². The predicted molar refractivity (Wildman–Crippen MR) is 196 cm³/mol. The fraction of sp³-hybridized carbons (Fsp3) is 0.805. The van der Waals surface area contributed by atoms with Crippen molar-refractivity contribution in [1.82, 2.24) is 0 Å². The Morgan fingerprint density at radius 2 is 1.87 bits per heavy atom. The van der Waals surface area contributed by atoms with Crippen molar-refractivity contribution in [3.05, 3.63) is 30.3 Å². The Balaban J connectivity index is 1.13. The first-order chi connectivity index (χ1) is 25.9. The summed E-state index contributed by atoms with van der Waals surface area (Å²) in [5.41, 5.74) is -4.40. The molecule has 5 unspecified atom stereocenters. The van der Waals surface area contributed by atoms with Crippen LogP contribution in [-0.4, -0.2) is 123 Å². The van der Waals surface area contributed by atoms with E-state index in [0.29, 0.717) is 44.2 Å². The second-order valence-electron chi connectivity index (χ2n) is 17.3. The summed E-state index contributed by atoms with van der Waals surface area (Å²) in [5, 5.41) is 70.3. The largest absolute Gasteiger partial charge is 0.547 e. The molecule has 13 nitrogen and oxygen atoms in total. The van der Waals surface area contributed by atoms with E-state index in [2.05, 4.69) is 24.1 Å². The van der Waals surface area contributed by atoms with Crippen LogP contribution in [0.3, 0.4) is 0 Å². The van der Waals surface area contributed by atoms with Gasteiger partial charge in [-0.1, -0.05) is 38.3 Å². The highest BCUT2D eigenvalue weighted by Crippen LogP contribution is 2.44. The first-order valence-electron chi connectivity index (χ1n) is 20.6. The van der Waals surface area contributed by atoms with Gasteiger partial charge in [-0.15, -0.1) is 4.99 Å². The van der Waals surface area contributed by atoms with E-state index in [4.69, 9.17) is 14.2 Å². The molecule has 8 N–H and O–H groups in total. The Hall–Kier alpha value is -2.20. The Kier molecular flexibility index (Phi) is 14.1. The number of carbonyl (C=O) groups is 2. The average molecular weight is 761 g/mol. The molecule has 0 radical (unpaired) electrons. The fourth-order valence-corrected chi connectivity index (χ4v) is 10.2. The van der Waals surface area contributed by atoms with E-state index in [1.807, 2.05) is 12.3 Å². The fourth-order valence-electron chi connectivity index (χ4n) is 10.2. The van der Waals surface area contributed by atoms with Crippen LogP contribution in [0.15, 0.2) is 28.8 Å². The predicted octanol–water partition coefficient (Wildman–Crippen LogP) is 0.0119. The van der Waals surface area contributed by atoms with Gasteiger partial charge < -0.3 is 55.0 Å². The summed E-state index contributed by atoms with van der Waals surface area (Å²) in [6.45, 7) is 4.59. The number of aliphatic imine (C=N–C) groups is 1.